The van der Waals surface area contributed by atoms with E-state index in [2.05, 4.69) is 10.5 Å². The summed E-state index contributed by atoms with van der Waals surface area (Å²) in [4.78, 5) is 12.9. The molecule has 0 radical (unpaired) electrons. The van der Waals surface area contributed by atoms with Crippen LogP contribution < -0.4 is 19.2 Å². The minimum atomic E-state index is -4.07. The first-order valence-electron chi connectivity index (χ1n) is 12.3. The maximum absolute atomic E-state index is 13.5. The summed E-state index contributed by atoms with van der Waals surface area (Å²) in [5.41, 5.74) is 4.90. The first kappa shape index (κ1) is 28.7. The minimum absolute atomic E-state index is 0.0485. The Labute approximate surface area is 238 Å². The lowest BCUT2D eigenvalue weighted by atomic mass is 10.2. The van der Waals surface area contributed by atoms with Crippen molar-refractivity contribution in [1.29, 1.82) is 0 Å². The van der Waals surface area contributed by atoms with Crippen LogP contribution in [0.1, 0.15) is 16.7 Å². The van der Waals surface area contributed by atoms with Crippen LogP contribution in [0.4, 0.5) is 5.69 Å². The first-order valence-corrected chi connectivity index (χ1v) is 14.1. The molecule has 0 saturated heterocycles. The van der Waals surface area contributed by atoms with E-state index in [0.29, 0.717) is 39.9 Å². The van der Waals surface area contributed by atoms with Crippen LogP contribution >= 0.6 is 11.6 Å². The van der Waals surface area contributed by atoms with Crippen molar-refractivity contribution in [2.45, 2.75) is 18.4 Å². The summed E-state index contributed by atoms with van der Waals surface area (Å²) in [5, 5.41) is 4.40. The molecule has 1 N–H and O–H groups in total. The summed E-state index contributed by atoms with van der Waals surface area (Å²) in [6.07, 6.45) is 1.43. The molecule has 8 nitrogen and oxygen atoms in total. The van der Waals surface area contributed by atoms with Crippen LogP contribution in [0.2, 0.25) is 5.02 Å². The van der Waals surface area contributed by atoms with Gasteiger partial charge in [-0.3, -0.25) is 9.10 Å². The average molecular weight is 578 g/mol. The Morgan fingerprint density at radius 1 is 0.950 bits per heavy atom. The van der Waals surface area contributed by atoms with Gasteiger partial charge in [0.05, 0.1) is 23.9 Å². The molecule has 0 spiro atoms. The number of carbonyl (C=O) groups excluding carboxylic acids is 1. The number of carbonyl (C=O) groups is 1. The Bertz CT molecular complexity index is 1600. The van der Waals surface area contributed by atoms with Crippen LogP contribution in [-0.2, 0) is 21.4 Å². The number of nitrogens with one attached hydrogen (secondary N) is 1. The standard InChI is InChI=1S/C30H28ClN3O5S/c1-22-26(31)14-9-15-27(22)34(40(36,37)25-12-7-4-8-13-25)20-30(35)33-32-19-24-16-17-28(29(18-24)38-2)39-21-23-10-5-3-6-11-23/h3-19H,20-21H2,1-2H3,(H,33,35)/b32-19-. The Morgan fingerprint density at radius 3 is 2.35 bits per heavy atom. The summed E-state index contributed by atoms with van der Waals surface area (Å²) in [6, 6.07) is 27.8. The highest BCUT2D eigenvalue weighted by Crippen LogP contribution is 2.31. The lowest BCUT2D eigenvalue weighted by Crippen LogP contribution is -2.40. The molecule has 0 aromatic heterocycles. The molecule has 4 aromatic rings. The molecule has 0 unspecified atom stereocenters. The van der Waals surface area contributed by atoms with E-state index in [1.807, 2.05) is 30.3 Å². The number of methoxy groups -OCH3 is 1. The lowest BCUT2D eigenvalue weighted by Gasteiger charge is -2.25. The van der Waals surface area contributed by atoms with Crippen molar-refractivity contribution >= 4 is 39.4 Å². The highest BCUT2D eigenvalue weighted by Gasteiger charge is 2.28. The van der Waals surface area contributed by atoms with Crippen LogP contribution in [0.3, 0.4) is 0 Å². The Morgan fingerprint density at radius 2 is 1.65 bits per heavy atom. The third kappa shape index (κ3) is 6.99. The number of ether oxygens (including phenoxy) is 2. The number of benzene rings is 4. The summed E-state index contributed by atoms with van der Waals surface area (Å²) < 4.78 is 39.4. The number of hydrazone groups is 1. The molecule has 0 bridgehead atoms. The van der Waals surface area contributed by atoms with E-state index < -0.39 is 22.5 Å². The number of rotatable bonds is 11. The van der Waals surface area contributed by atoms with Gasteiger partial charge < -0.3 is 9.47 Å². The average Bonchev–Trinajstić information content (AvgIpc) is 2.97. The zero-order chi connectivity index (χ0) is 28.5. The maximum Gasteiger partial charge on any atom is 0.264 e. The second kappa shape index (κ2) is 13.1. The van der Waals surface area contributed by atoms with Crippen LogP contribution in [0.25, 0.3) is 0 Å². The van der Waals surface area contributed by atoms with Crippen molar-refractivity contribution in [1.82, 2.24) is 5.43 Å². The summed E-state index contributed by atoms with van der Waals surface area (Å²) in [6.45, 7) is 1.57. The van der Waals surface area contributed by atoms with Crippen molar-refractivity contribution < 1.29 is 22.7 Å². The molecule has 0 fully saturated rings. The predicted molar refractivity (Wildman–Crippen MR) is 157 cm³/mol. The highest BCUT2D eigenvalue weighted by molar-refractivity contribution is 7.92. The predicted octanol–water partition coefficient (Wildman–Crippen LogP) is 5.58. The van der Waals surface area contributed by atoms with Gasteiger partial charge in [-0.1, -0.05) is 66.2 Å². The van der Waals surface area contributed by atoms with Crippen molar-refractivity contribution in [3.63, 3.8) is 0 Å². The van der Waals surface area contributed by atoms with Crippen LogP contribution in [0.5, 0.6) is 11.5 Å². The number of halogens is 1. The summed E-state index contributed by atoms with van der Waals surface area (Å²) >= 11 is 6.26. The van der Waals surface area contributed by atoms with Gasteiger partial charge in [-0.25, -0.2) is 13.8 Å². The molecule has 10 heteroatoms. The van der Waals surface area contributed by atoms with E-state index >= 15 is 0 Å². The number of hydrogen-bond acceptors (Lipinski definition) is 6. The Hall–Kier alpha value is -4.34. The molecule has 0 aliphatic heterocycles. The van der Waals surface area contributed by atoms with Gasteiger partial charge >= 0.3 is 0 Å². The zero-order valence-corrected chi connectivity index (χ0v) is 23.5. The van der Waals surface area contributed by atoms with Crippen LogP contribution in [0, 0.1) is 6.92 Å². The number of nitrogens with zero attached hydrogens (tertiary/aromatic N) is 2. The van der Waals surface area contributed by atoms with Gasteiger partial charge in [0.2, 0.25) is 0 Å². The second-order valence-corrected chi connectivity index (χ2v) is 11.0. The number of sulfonamides is 1. The zero-order valence-electron chi connectivity index (χ0n) is 22.0. The Kier molecular flexibility index (Phi) is 9.42. The smallest absolute Gasteiger partial charge is 0.264 e. The number of amides is 1. The monoisotopic (exact) mass is 577 g/mol. The highest BCUT2D eigenvalue weighted by atomic mass is 35.5. The topological polar surface area (TPSA) is 97.3 Å². The summed E-state index contributed by atoms with van der Waals surface area (Å²) in [7, 11) is -2.54. The van der Waals surface area contributed by atoms with E-state index in [-0.39, 0.29) is 4.90 Å². The van der Waals surface area contributed by atoms with E-state index in [1.54, 1.807) is 61.5 Å². The normalized spacial score (nSPS) is 11.3. The molecule has 0 aliphatic carbocycles. The molecule has 0 heterocycles. The molecule has 1 amide bonds. The van der Waals surface area contributed by atoms with Crippen molar-refractivity contribution in [2.75, 3.05) is 18.0 Å². The fourth-order valence-electron chi connectivity index (χ4n) is 3.85. The van der Waals surface area contributed by atoms with Gasteiger partial charge in [-0.15, -0.1) is 0 Å². The van der Waals surface area contributed by atoms with Crippen molar-refractivity contribution in [3.05, 3.63) is 119 Å². The molecule has 0 atom stereocenters. The molecule has 4 aromatic carbocycles. The van der Waals surface area contributed by atoms with Gasteiger partial charge in [0.1, 0.15) is 13.2 Å². The van der Waals surface area contributed by atoms with Crippen LogP contribution in [0.15, 0.2) is 107 Å². The molecule has 206 valence electrons. The molecular weight excluding hydrogens is 550 g/mol. The molecule has 40 heavy (non-hydrogen) atoms. The van der Waals surface area contributed by atoms with Crippen molar-refractivity contribution in [2.24, 2.45) is 5.10 Å². The van der Waals surface area contributed by atoms with E-state index in [1.165, 1.54) is 25.5 Å². The van der Waals surface area contributed by atoms with E-state index in [0.717, 1.165) is 9.87 Å². The van der Waals surface area contributed by atoms with Gasteiger partial charge in [0.15, 0.2) is 11.5 Å². The molecule has 0 aliphatic rings. The lowest BCUT2D eigenvalue weighted by molar-refractivity contribution is -0.119. The van der Waals surface area contributed by atoms with Gasteiger partial charge in [0.25, 0.3) is 15.9 Å². The molecular formula is C30H28ClN3O5S. The molecule has 4 rings (SSSR count). The largest absolute Gasteiger partial charge is 0.493 e. The number of hydrogen-bond donors (Lipinski definition) is 1. The fourth-order valence-corrected chi connectivity index (χ4v) is 5.52. The quantitative estimate of drug-likeness (QED) is 0.185. The Balaban J connectivity index is 1.48. The van der Waals surface area contributed by atoms with Crippen LogP contribution in [-0.4, -0.2) is 34.2 Å². The number of anilines is 1. The van der Waals surface area contributed by atoms with Gasteiger partial charge in [-0.05, 0) is 66.1 Å². The SMILES string of the molecule is COc1cc(/C=N\NC(=O)CN(c2cccc(Cl)c2C)S(=O)(=O)c2ccccc2)ccc1OCc1ccccc1. The van der Waals surface area contributed by atoms with E-state index in [4.69, 9.17) is 21.1 Å². The van der Waals surface area contributed by atoms with Gasteiger partial charge in [0, 0.05) is 5.02 Å². The summed E-state index contributed by atoms with van der Waals surface area (Å²) in [5.74, 6) is 0.430. The van der Waals surface area contributed by atoms with Gasteiger partial charge in [-0.2, -0.15) is 5.10 Å². The third-order valence-corrected chi connectivity index (χ3v) is 8.14. The third-order valence-electron chi connectivity index (χ3n) is 5.95. The molecule has 0 saturated carbocycles. The van der Waals surface area contributed by atoms with Crippen molar-refractivity contribution in [3.8, 4) is 11.5 Å². The second-order valence-electron chi connectivity index (χ2n) is 8.69. The minimum Gasteiger partial charge on any atom is -0.493 e. The maximum atomic E-state index is 13.5. The van der Waals surface area contributed by atoms with E-state index in [9.17, 15) is 13.2 Å². The first-order chi connectivity index (χ1) is 19.3. The fraction of sp³-hybridized carbons (Fsp3) is 0.133.